The molecular formula is C20H17N5O. The molecule has 0 radical (unpaired) electrons. The van der Waals surface area contributed by atoms with Gasteiger partial charge in [0, 0.05) is 24.8 Å². The summed E-state index contributed by atoms with van der Waals surface area (Å²) in [6, 6.07) is 10.6. The first-order chi connectivity index (χ1) is 12.6. The van der Waals surface area contributed by atoms with E-state index in [2.05, 4.69) is 27.5 Å². The van der Waals surface area contributed by atoms with Crippen molar-refractivity contribution >= 4 is 22.5 Å². The Hall–Kier alpha value is -3.20. The predicted molar refractivity (Wildman–Crippen MR) is 96.5 cm³/mol. The summed E-state index contributed by atoms with van der Waals surface area (Å²) >= 11 is 0. The monoisotopic (exact) mass is 343 g/mol. The number of pyridine rings is 1. The molecule has 2 heterocycles. The molecule has 1 spiro atoms. The Morgan fingerprint density at radius 1 is 1.27 bits per heavy atom. The lowest BCUT2D eigenvalue weighted by Crippen LogP contribution is -2.12. The van der Waals surface area contributed by atoms with Gasteiger partial charge in [-0.25, -0.2) is 4.98 Å². The van der Waals surface area contributed by atoms with Gasteiger partial charge >= 0.3 is 0 Å². The lowest BCUT2D eigenvalue weighted by Gasteiger charge is -2.11. The van der Waals surface area contributed by atoms with E-state index in [0.717, 1.165) is 35.6 Å². The summed E-state index contributed by atoms with van der Waals surface area (Å²) in [5.41, 5.74) is 1.49. The lowest BCUT2D eigenvalue weighted by molar-refractivity contribution is 0.102. The fourth-order valence-electron chi connectivity index (χ4n) is 4.05. The second kappa shape index (κ2) is 4.92. The molecule has 0 saturated heterocycles. The molecule has 2 fully saturated rings. The molecule has 5 rings (SSSR count). The lowest BCUT2D eigenvalue weighted by atomic mass is 9.92. The number of carbonyl (C=O) groups is 1. The molecule has 3 aromatic rings. The number of hydrogen-bond acceptors (Lipinski definition) is 4. The van der Waals surface area contributed by atoms with Crippen LogP contribution in [0, 0.1) is 16.7 Å². The summed E-state index contributed by atoms with van der Waals surface area (Å²) in [4.78, 5) is 16.6. The van der Waals surface area contributed by atoms with Gasteiger partial charge in [0.25, 0.3) is 5.91 Å². The van der Waals surface area contributed by atoms with Crippen LogP contribution >= 0.6 is 0 Å². The fraction of sp³-hybridized carbons (Fsp3) is 0.300. The highest BCUT2D eigenvalue weighted by Crippen LogP contribution is 2.78. The van der Waals surface area contributed by atoms with Gasteiger partial charge in [0.15, 0.2) is 0 Å². The minimum absolute atomic E-state index is 0.236. The number of nitrogens with one attached hydrogen (secondary N) is 1. The Morgan fingerprint density at radius 3 is 2.77 bits per heavy atom. The first-order valence-electron chi connectivity index (χ1n) is 8.67. The van der Waals surface area contributed by atoms with Crippen LogP contribution in [-0.2, 0) is 12.5 Å². The summed E-state index contributed by atoms with van der Waals surface area (Å²) < 4.78 is 1.58. The minimum atomic E-state index is -0.316. The molecule has 1 atom stereocenters. The van der Waals surface area contributed by atoms with Crippen molar-refractivity contribution in [1.29, 1.82) is 5.26 Å². The van der Waals surface area contributed by atoms with Crippen molar-refractivity contribution in [1.82, 2.24) is 14.8 Å². The number of anilines is 1. The SMILES string of the molecule is Cn1cc(C(=O)Nc2cc3cc(C4(C#N)CC45CC5)ccc3cn2)cn1. The summed E-state index contributed by atoms with van der Waals surface area (Å²) in [7, 11) is 1.77. The topological polar surface area (TPSA) is 83.6 Å². The van der Waals surface area contributed by atoms with Crippen LogP contribution in [0.2, 0.25) is 0 Å². The fourth-order valence-corrected chi connectivity index (χ4v) is 4.05. The Bertz CT molecular complexity index is 1100. The molecule has 2 saturated carbocycles. The highest BCUT2D eigenvalue weighted by Gasteiger charge is 2.75. The molecule has 128 valence electrons. The van der Waals surface area contributed by atoms with E-state index >= 15 is 0 Å². The zero-order valence-electron chi connectivity index (χ0n) is 14.4. The van der Waals surface area contributed by atoms with E-state index < -0.39 is 0 Å². The summed E-state index contributed by atoms with van der Waals surface area (Å²) in [6.45, 7) is 0. The minimum Gasteiger partial charge on any atom is -0.306 e. The van der Waals surface area contributed by atoms with Gasteiger partial charge in [-0.2, -0.15) is 10.4 Å². The Morgan fingerprint density at radius 2 is 2.12 bits per heavy atom. The number of nitriles is 1. The maximum Gasteiger partial charge on any atom is 0.260 e. The maximum atomic E-state index is 12.3. The number of benzene rings is 1. The Kier molecular flexibility index (Phi) is 2.85. The van der Waals surface area contributed by atoms with Crippen LogP contribution in [0.3, 0.4) is 0 Å². The quantitative estimate of drug-likeness (QED) is 0.792. The predicted octanol–water partition coefficient (Wildman–Crippen LogP) is 3.17. The smallest absolute Gasteiger partial charge is 0.260 e. The van der Waals surface area contributed by atoms with Crippen LogP contribution in [-0.4, -0.2) is 20.7 Å². The first-order valence-corrected chi connectivity index (χ1v) is 8.67. The molecule has 0 bridgehead atoms. The number of aryl methyl sites for hydroxylation is 1. The maximum absolute atomic E-state index is 12.3. The first kappa shape index (κ1) is 15.1. The number of aromatic nitrogens is 3. The second-order valence-electron chi connectivity index (χ2n) is 7.46. The van der Waals surface area contributed by atoms with E-state index in [1.165, 1.54) is 6.20 Å². The van der Waals surface area contributed by atoms with E-state index in [0.29, 0.717) is 11.4 Å². The van der Waals surface area contributed by atoms with Gasteiger partial charge in [0.2, 0.25) is 0 Å². The molecule has 2 aliphatic carbocycles. The zero-order chi connectivity index (χ0) is 17.9. The number of hydrogen-bond donors (Lipinski definition) is 1. The molecule has 1 N–H and O–H groups in total. The molecule has 2 aliphatic rings. The van der Waals surface area contributed by atoms with Gasteiger partial charge in [-0.3, -0.25) is 9.48 Å². The number of carbonyl (C=O) groups excluding carboxylic acids is 1. The number of rotatable bonds is 3. The van der Waals surface area contributed by atoms with E-state index in [4.69, 9.17) is 0 Å². The molecule has 1 unspecified atom stereocenters. The van der Waals surface area contributed by atoms with Gasteiger partial charge in [0.05, 0.1) is 23.2 Å². The van der Waals surface area contributed by atoms with Crippen molar-refractivity contribution in [2.45, 2.75) is 24.7 Å². The van der Waals surface area contributed by atoms with E-state index in [-0.39, 0.29) is 16.7 Å². The highest BCUT2D eigenvalue weighted by molar-refractivity contribution is 6.04. The third-order valence-corrected chi connectivity index (χ3v) is 5.85. The van der Waals surface area contributed by atoms with Crippen LogP contribution in [0.25, 0.3) is 10.8 Å². The van der Waals surface area contributed by atoms with Crippen LogP contribution in [0.4, 0.5) is 5.82 Å². The third-order valence-electron chi connectivity index (χ3n) is 5.85. The normalized spacial score (nSPS) is 22.2. The van der Waals surface area contributed by atoms with E-state index in [1.54, 1.807) is 24.1 Å². The van der Waals surface area contributed by atoms with E-state index in [1.807, 2.05) is 18.2 Å². The van der Waals surface area contributed by atoms with Crippen molar-refractivity contribution in [3.8, 4) is 6.07 Å². The van der Waals surface area contributed by atoms with Gasteiger partial charge in [-0.1, -0.05) is 12.1 Å². The molecule has 6 heteroatoms. The van der Waals surface area contributed by atoms with Gasteiger partial charge in [0.1, 0.15) is 5.82 Å². The van der Waals surface area contributed by atoms with Crippen molar-refractivity contribution in [3.05, 3.63) is 54.0 Å². The van der Waals surface area contributed by atoms with Gasteiger partial charge in [-0.15, -0.1) is 0 Å². The van der Waals surface area contributed by atoms with Crippen molar-refractivity contribution in [2.24, 2.45) is 12.5 Å². The Balaban J connectivity index is 1.47. The van der Waals surface area contributed by atoms with Gasteiger partial charge < -0.3 is 5.32 Å². The number of nitrogens with zero attached hydrogens (tertiary/aromatic N) is 4. The van der Waals surface area contributed by atoms with Gasteiger partial charge in [-0.05, 0) is 47.8 Å². The molecule has 0 aliphatic heterocycles. The number of amides is 1. The average Bonchev–Trinajstić information content (AvgIpc) is 3.52. The number of fused-ring (bicyclic) bond motifs is 1. The van der Waals surface area contributed by atoms with Crippen molar-refractivity contribution < 1.29 is 4.79 Å². The van der Waals surface area contributed by atoms with Crippen molar-refractivity contribution in [2.75, 3.05) is 5.32 Å². The summed E-state index contributed by atoms with van der Waals surface area (Å²) in [5.74, 6) is 0.250. The summed E-state index contributed by atoms with van der Waals surface area (Å²) in [6.07, 6.45) is 8.21. The van der Waals surface area contributed by atoms with Crippen LogP contribution < -0.4 is 5.32 Å². The Labute approximate surface area is 150 Å². The molecule has 26 heavy (non-hydrogen) atoms. The molecule has 6 nitrogen and oxygen atoms in total. The standard InChI is InChI=1S/C20H17N5O/c1-25-10-15(9-23-25)18(26)24-17-7-14-6-16(3-2-13(14)8-22-17)20(12-21)11-19(20)4-5-19/h2-3,6-10H,4-5,11H2,1H3,(H,22,24,26). The third kappa shape index (κ3) is 2.07. The average molecular weight is 343 g/mol. The molecular weight excluding hydrogens is 326 g/mol. The summed E-state index contributed by atoms with van der Waals surface area (Å²) in [5, 5.41) is 18.5. The molecule has 1 amide bonds. The second-order valence-corrected chi connectivity index (χ2v) is 7.46. The largest absolute Gasteiger partial charge is 0.306 e. The zero-order valence-corrected chi connectivity index (χ0v) is 14.4. The highest BCUT2D eigenvalue weighted by atomic mass is 16.1. The van der Waals surface area contributed by atoms with Crippen LogP contribution in [0.15, 0.2) is 42.9 Å². The van der Waals surface area contributed by atoms with Crippen LogP contribution in [0.1, 0.15) is 35.2 Å². The van der Waals surface area contributed by atoms with Crippen LogP contribution in [0.5, 0.6) is 0 Å². The molecule has 1 aromatic carbocycles. The van der Waals surface area contributed by atoms with E-state index in [9.17, 15) is 10.1 Å². The molecule has 2 aromatic heterocycles. The van der Waals surface area contributed by atoms with Crippen molar-refractivity contribution in [3.63, 3.8) is 0 Å².